The fourth-order valence-corrected chi connectivity index (χ4v) is 3.13. The van der Waals surface area contributed by atoms with Crippen LogP contribution in [0.3, 0.4) is 0 Å². The van der Waals surface area contributed by atoms with E-state index in [9.17, 15) is 44.3 Å². The Hall–Kier alpha value is -3.57. The first-order valence-electron chi connectivity index (χ1n) is 9.36. The Labute approximate surface area is 186 Å². The van der Waals surface area contributed by atoms with E-state index in [0.717, 1.165) is 42.6 Å². The molecule has 2 aromatic carbocycles. The minimum atomic E-state index is -5.24. The highest BCUT2D eigenvalue weighted by molar-refractivity contribution is 5.95. The zero-order valence-corrected chi connectivity index (χ0v) is 16.7. The van der Waals surface area contributed by atoms with Gasteiger partial charge in [0.25, 0.3) is 11.8 Å². The summed E-state index contributed by atoms with van der Waals surface area (Å²) in [5.41, 5.74) is -5.72. The number of aromatic nitrogens is 1. The summed E-state index contributed by atoms with van der Waals surface area (Å²) in [6.07, 6.45) is -9.28. The number of rotatable bonds is 5. The average Bonchev–Trinajstić information content (AvgIpc) is 2.76. The van der Waals surface area contributed by atoms with Gasteiger partial charge in [0.2, 0.25) is 5.95 Å². The Kier molecular flexibility index (Phi) is 6.63. The van der Waals surface area contributed by atoms with E-state index in [-0.39, 0.29) is 11.1 Å². The molecule has 180 valence electrons. The third-order valence-corrected chi connectivity index (χ3v) is 4.73. The normalized spacial score (nSPS) is 12.5. The van der Waals surface area contributed by atoms with Gasteiger partial charge in [0.1, 0.15) is 0 Å². The van der Waals surface area contributed by atoms with Gasteiger partial charge in [-0.3, -0.25) is 4.79 Å². The van der Waals surface area contributed by atoms with Crippen LogP contribution in [0.2, 0.25) is 0 Å². The van der Waals surface area contributed by atoms with Gasteiger partial charge in [-0.05, 0) is 35.9 Å². The lowest BCUT2D eigenvalue weighted by Gasteiger charge is -2.23. The van der Waals surface area contributed by atoms with E-state index < -0.39 is 58.9 Å². The van der Waals surface area contributed by atoms with Crippen LogP contribution in [0.15, 0.2) is 60.8 Å². The Morgan fingerprint density at radius 3 is 1.97 bits per heavy atom. The van der Waals surface area contributed by atoms with Crippen LogP contribution in [-0.4, -0.2) is 17.4 Å². The maximum atomic E-state index is 14.7. The minimum Gasteiger partial charge on any atom is -0.346 e. The lowest BCUT2D eigenvalue weighted by molar-refractivity contribution is -0.142. The summed E-state index contributed by atoms with van der Waals surface area (Å²) < 4.78 is 122. The molecule has 0 aliphatic carbocycles. The molecule has 1 N–H and O–H groups in total. The number of amides is 1. The van der Waals surface area contributed by atoms with Crippen LogP contribution < -0.4 is 5.32 Å². The lowest BCUT2D eigenvalue weighted by Crippen LogP contribution is -2.37. The lowest BCUT2D eigenvalue weighted by atomic mass is 9.95. The molecule has 3 rings (SSSR count). The molecule has 3 nitrogen and oxygen atoms in total. The summed E-state index contributed by atoms with van der Waals surface area (Å²) >= 11 is 0. The second-order valence-electron chi connectivity index (χ2n) is 7.06. The molecule has 0 fully saturated rings. The highest BCUT2D eigenvalue weighted by atomic mass is 19.4. The van der Waals surface area contributed by atoms with E-state index >= 15 is 0 Å². The number of carbonyl (C=O) groups excluding carboxylic acids is 1. The Bertz CT molecular complexity index is 1190. The highest BCUT2D eigenvalue weighted by Crippen LogP contribution is 2.41. The Morgan fingerprint density at radius 2 is 1.38 bits per heavy atom. The third kappa shape index (κ3) is 5.49. The number of carbonyl (C=O) groups is 1. The molecule has 1 amide bonds. The van der Waals surface area contributed by atoms with Crippen molar-refractivity contribution in [3.8, 4) is 11.1 Å². The van der Waals surface area contributed by atoms with Gasteiger partial charge in [0.05, 0.1) is 23.2 Å². The van der Waals surface area contributed by atoms with Crippen LogP contribution in [0.1, 0.15) is 27.0 Å². The monoisotopic (exact) mass is 492 g/mol. The number of alkyl halides is 8. The summed E-state index contributed by atoms with van der Waals surface area (Å²) in [4.78, 5) is 15.4. The molecule has 0 aliphatic heterocycles. The van der Waals surface area contributed by atoms with Crippen molar-refractivity contribution in [1.82, 2.24) is 10.3 Å². The largest absolute Gasteiger partial charge is 0.417 e. The van der Waals surface area contributed by atoms with Gasteiger partial charge in [0.15, 0.2) is 0 Å². The standard InChI is InChI=1S/C22H13F9N2O/c23-18-8-6-13(10-32-18)12-5-7-16(17(9-12)22(29,30)31)20(24,25)11-33-19(34)14-3-1-2-4-15(14)21(26,27)28/h1-10H,11H2,(H,33,34). The Balaban J connectivity index is 1.91. The second-order valence-corrected chi connectivity index (χ2v) is 7.06. The second kappa shape index (κ2) is 8.99. The van der Waals surface area contributed by atoms with Crippen LogP contribution in [0.4, 0.5) is 39.5 Å². The maximum absolute atomic E-state index is 14.7. The summed E-state index contributed by atoms with van der Waals surface area (Å²) in [5.74, 6) is -6.73. The van der Waals surface area contributed by atoms with Gasteiger partial charge in [-0.2, -0.15) is 39.5 Å². The van der Waals surface area contributed by atoms with Crippen molar-refractivity contribution in [3.63, 3.8) is 0 Å². The van der Waals surface area contributed by atoms with Gasteiger partial charge in [0, 0.05) is 17.3 Å². The molecular weight excluding hydrogens is 479 g/mol. The van der Waals surface area contributed by atoms with E-state index in [1.54, 1.807) is 5.32 Å². The summed E-state index contributed by atoms with van der Waals surface area (Å²) in [5, 5.41) is 1.57. The zero-order chi connectivity index (χ0) is 25.3. The number of hydrogen-bond acceptors (Lipinski definition) is 2. The van der Waals surface area contributed by atoms with Crippen LogP contribution in [-0.2, 0) is 18.3 Å². The number of hydrogen-bond donors (Lipinski definition) is 1. The molecule has 0 aliphatic rings. The smallest absolute Gasteiger partial charge is 0.346 e. The highest BCUT2D eigenvalue weighted by Gasteiger charge is 2.43. The van der Waals surface area contributed by atoms with Crippen LogP contribution in [0.25, 0.3) is 11.1 Å². The predicted molar refractivity (Wildman–Crippen MR) is 102 cm³/mol. The summed E-state index contributed by atoms with van der Waals surface area (Å²) in [7, 11) is 0. The average molecular weight is 492 g/mol. The van der Waals surface area contributed by atoms with Crippen LogP contribution >= 0.6 is 0 Å². The number of nitrogens with one attached hydrogen (secondary N) is 1. The number of pyridine rings is 1. The van der Waals surface area contributed by atoms with Crippen LogP contribution in [0.5, 0.6) is 0 Å². The van der Waals surface area contributed by atoms with Crippen molar-refractivity contribution >= 4 is 5.91 Å². The van der Waals surface area contributed by atoms with Gasteiger partial charge in [-0.25, -0.2) is 4.98 Å². The summed E-state index contributed by atoms with van der Waals surface area (Å²) in [6.45, 7) is -1.70. The van der Waals surface area contributed by atoms with Crippen molar-refractivity contribution < 1.29 is 44.3 Å². The molecular formula is C22H13F9N2O. The molecule has 12 heteroatoms. The van der Waals surface area contributed by atoms with Crippen molar-refractivity contribution in [2.24, 2.45) is 0 Å². The fourth-order valence-electron chi connectivity index (χ4n) is 3.13. The van der Waals surface area contributed by atoms with Gasteiger partial charge in [-0.15, -0.1) is 0 Å². The van der Waals surface area contributed by atoms with Crippen LogP contribution in [0, 0.1) is 5.95 Å². The van der Waals surface area contributed by atoms with Gasteiger partial charge < -0.3 is 5.32 Å². The molecule has 0 unspecified atom stereocenters. The number of benzene rings is 2. The van der Waals surface area contributed by atoms with E-state index in [0.29, 0.717) is 18.2 Å². The molecule has 1 heterocycles. The topological polar surface area (TPSA) is 42.0 Å². The molecule has 0 radical (unpaired) electrons. The number of nitrogens with zero attached hydrogens (tertiary/aromatic N) is 1. The molecule has 0 saturated carbocycles. The molecule has 0 spiro atoms. The molecule has 3 aromatic rings. The fraction of sp³-hybridized carbons (Fsp3) is 0.182. The van der Waals surface area contributed by atoms with Crippen molar-refractivity contribution in [2.75, 3.05) is 6.54 Å². The first-order valence-corrected chi connectivity index (χ1v) is 9.36. The van der Waals surface area contributed by atoms with E-state index in [1.165, 1.54) is 0 Å². The predicted octanol–water partition coefficient (Wildman–Crippen LogP) is 6.45. The SMILES string of the molecule is O=C(NCC(F)(F)c1ccc(-c2ccc(F)nc2)cc1C(F)(F)F)c1ccccc1C(F)(F)F. The molecule has 0 saturated heterocycles. The first-order chi connectivity index (χ1) is 15.7. The molecule has 34 heavy (non-hydrogen) atoms. The molecule has 0 bridgehead atoms. The molecule has 1 aromatic heterocycles. The van der Waals surface area contributed by atoms with Gasteiger partial charge in [-0.1, -0.05) is 24.3 Å². The van der Waals surface area contributed by atoms with E-state index in [4.69, 9.17) is 0 Å². The maximum Gasteiger partial charge on any atom is 0.417 e. The zero-order valence-electron chi connectivity index (χ0n) is 16.7. The van der Waals surface area contributed by atoms with Gasteiger partial charge >= 0.3 is 12.4 Å². The quantitative estimate of drug-likeness (QED) is 0.329. The number of halogens is 9. The van der Waals surface area contributed by atoms with E-state index in [1.807, 2.05) is 0 Å². The third-order valence-electron chi connectivity index (χ3n) is 4.73. The van der Waals surface area contributed by atoms with Crippen molar-refractivity contribution in [1.29, 1.82) is 0 Å². The van der Waals surface area contributed by atoms with Crippen molar-refractivity contribution in [3.05, 3.63) is 89.0 Å². The van der Waals surface area contributed by atoms with Crippen molar-refractivity contribution in [2.45, 2.75) is 18.3 Å². The summed E-state index contributed by atoms with van der Waals surface area (Å²) in [6, 6.07) is 7.19. The molecule has 0 atom stereocenters. The Morgan fingerprint density at radius 1 is 0.765 bits per heavy atom. The minimum absolute atomic E-state index is 0.0267. The first kappa shape index (κ1) is 25.1. The van der Waals surface area contributed by atoms with E-state index in [2.05, 4.69) is 4.98 Å².